The summed E-state index contributed by atoms with van der Waals surface area (Å²) in [6.07, 6.45) is 3.76. The van der Waals surface area contributed by atoms with Gasteiger partial charge in [-0.3, -0.25) is 0 Å². The Morgan fingerprint density at radius 2 is 1.33 bits per heavy atom. The first kappa shape index (κ1) is 12.8. The van der Waals surface area contributed by atoms with Gasteiger partial charge in [0.2, 0.25) is 0 Å². The summed E-state index contributed by atoms with van der Waals surface area (Å²) in [6, 6.07) is 15.0. The second-order valence-electron chi connectivity index (χ2n) is 3.66. The van der Waals surface area contributed by atoms with Gasteiger partial charge in [-0.15, -0.1) is 0 Å². The molecule has 2 aromatic carbocycles. The van der Waals surface area contributed by atoms with Crippen LogP contribution in [0.1, 0.15) is 11.1 Å². The van der Waals surface area contributed by atoms with Crippen molar-refractivity contribution in [3.8, 4) is 11.8 Å². The molecule has 0 spiro atoms. The number of benzene rings is 2. The molecule has 0 unspecified atom stereocenters. The summed E-state index contributed by atoms with van der Waals surface area (Å²) in [4.78, 5) is 0. The zero-order valence-electron chi connectivity index (χ0n) is 9.53. The largest absolute Gasteiger partial charge is 0.0843 e. The van der Waals surface area contributed by atoms with E-state index in [1.807, 2.05) is 60.7 Å². The minimum absolute atomic E-state index is 0.720. The number of rotatable bonds is 1. The summed E-state index contributed by atoms with van der Waals surface area (Å²) in [5, 5.41) is 1.46. The van der Waals surface area contributed by atoms with E-state index < -0.39 is 0 Å². The predicted octanol–water partition coefficient (Wildman–Crippen LogP) is 5.06. The third-order valence-electron chi connectivity index (χ3n) is 2.29. The molecule has 0 aliphatic rings. The molecule has 0 saturated carbocycles. The molecule has 0 atom stereocenters. The van der Waals surface area contributed by atoms with E-state index in [-0.39, 0.29) is 0 Å². The van der Waals surface area contributed by atoms with Crippen molar-refractivity contribution < 1.29 is 0 Å². The monoisotopic (exact) mass is 272 g/mol. The van der Waals surface area contributed by atoms with Crippen molar-refractivity contribution in [3.05, 3.63) is 75.8 Å². The SMILES string of the molecule is Clc1ccc(C#C/C=C\c2ccc(Cl)cc2)cc1. The molecule has 2 rings (SSSR count). The van der Waals surface area contributed by atoms with Gasteiger partial charge in [-0.1, -0.05) is 47.2 Å². The number of allylic oxidation sites excluding steroid dienone is 1. The van der Waals surface area contributed by atoms with E-state index >= 15 is 0 Å². The third kappa shape index (κ3) is 3.96. The maximum absolute atomic E-state index is 5.80. The summed E-state index contributed by atoms with van der Waals surface area (Å²) >= 11 is 11.6. The van der Waals surface area contributed by atoms with Crippen molar-refractivity contribution in [1.82, 2.24) is 0 Å². The molecule has 0 aliphatic carbocycles. The zero-order chi connectivity index (χ0) is 12.8. The summed E-state index contributed by atoms with van der Waals surface area (Å²) in [5.74, 6) is 6.01. The van der Waals surface area contributed by atoms with Crippen LogP contribution < -0.4 is 0 Å². The molecular formula is C16H10Cl2. The molecule has 18 heavy (non-hydrogen) atoms. The first-order chi connectivity index (χ1) is 8.74. The minimum Gasteiger partial charge on any atom is -0.0843 e. The second kappa shape index (κ2) is 6.31. The Kier molecular flexibility index (Phi) is 4.47. The molecule has 0 aromatic heterocycles. The van der Waals surface area contributed by atoms with E-state index in [1.165, 1.54) is 0 Å². The molecule has 0 bridgehead atoms. The number of hydrogen-bond acceptors (Lipinski definition) is 0. The van der Waals surface area contributed by atoms with Gasteiger partial charge in [-0.05, 0) is 54.1 Å². The Morgan fingerprint density at radius 1 is 0.778 bits per heavy atom. The highest BCUT2D eigenvalue weighted by Gasteiger charge is 1.87. The van der Waals surface area contributed by atoms with E-state index in [2.05, 4.69) is 11.8 Å². The van der Waals surface area contributed by atoms with E-state index in [9.17, 15) is 0 Å². The fourth-order valence-electron chi connectivity index (χ4n) is 1.37. The first-order valence-electron chi connectivity index (χ1n) is 5.43. The van der Waals surface area contributed by atoms with Gasteiger partial charge in [0, 0.05) is 15.6 Å². The van der Waals surface area contributed by atoms with Crippen LogP contribution in [-0.2, 0) is 0 Å². The summed E-state index contributed by atoms with van der Waals surface area (Å²) in [5.41, 5.74) is 2.02. The van der Waals surface area contributed by atoms with E-state index in [4.69, 9.17) is 23.2 Å². The van der Waals surface area contributed by atoms with Crippen molar-refractivity contribution in [2.75, 3.05) is 0 Å². The van der Waals surface area contributed by atoms with Crippen LogP contribution in [0.4, 0.5) is 0 Å². The number of halogens is 2. The van der Waals surface area contributed by atoms with Crippen LogP contribution in [-0.4, -0.2) is 0 Å². The van der Waals surface area contributed by atoms with Crippen molar-refractivity contribution >= 4 is 29.3 Å². The Bertz CT molecular complexity index is 596. The van der Waals surface area contributed by atoms with Crippen LogP contribution in [0.3, 0.4) is 0 Å². The molecule has 0 saturated heterocycles. The lowest BCUT2D eigenvalue weighted by atomic mass is 10.2. The fraction of sp³-hybridized carbons (Fsp3) is 0. The Labute approximate surface area is 117 Å². The summed E-state index contributed by atoms with van der Waals surface area (Å²) < 4.78 is 0. The van der Waals surface area contributed by atoms with Crippen LogP contribution in [0.2, 0.25) is 10.0 Å². The smallest absolute Gasteiger partial charge is 0.0406 e. The predicted molar refractivity (Wildman–Crippen MR) is 78.8 cm³/mol. The topological polar surface area (TPSA) is 0 Å². The molecule has 0 heterocycles. The van der Waals surface area contributed by atoms with Crippen LogP contribution in [0.5, 0.6) is 0 Å². The molecule has 0 radical (unpaired) electrons. The van der Waals surface area contributed by atoms with Gasteiger partial charge in [0.05, 0.1) is 0 Å². The maximum Gasteiger partial charge on any atom is 0.0406 e. The van der Waals surface area contributed by atoms with Crippen molar-refractivity contribution in [2.45, 2.75) is 0 Å². The molecule has 0 nitrogen and oxygen atoms in total. The average Bonchev–Trinajstić information content (AvgIpc) is 2.39. The molecular weight excluding hydrogens is 263 g/mol. The molecule has 0 aliphatic heterocycles. The second-order valence-corrected chi connectivity index (χ2v) is 4.53. The third-order valence-corrected chi connectivity index (χ3v) is 2.79. The molecule has 88 valence electrons. The molecule has 0 amide bonds. The first-order valence-corrected chi connectivity index (χ1v) is 6.19. The Balaban J connectivity index is 2.03. The highest BCUT2D eigenvalue weighted by atomic mass is 35.5. The van der Waals surface area contributed by atoms with Crippen molar-refractivity contribution in [1.29, 1.82) is 0 Å². The average molecular weight is 273 g/mol. The Hall–Kier alpha value is -1.68. The highest BCUT2D eigenvalue weighted by molar-refractivity contribution is 6.30. The molecule has 0 N–H and O–H groups in total. The molecule has 2 aromatic rings. The lowest BCUT2D eigenvalue weighted by molar-refractivity contribution is 1.64. The normalized spacial score (nSPS) is 10.1. The van der Waals surface area contributed by atoms with Gasteiger partial charge in [-0.25, -0.2) is 0 Å². The van der Waals surface area contributed by atoms with Gasteiger partial charge in [0.25, 0.3) is 0 Å². The van der Waals surface area contributed by atoms with Crippen LogP contribution >= 0.6 is 23.2 Å². The Morgan fingerprint density at radius 3 is 1.94 bits per heavy atom. The standard InChI is InChI=1S/C16H10Cl2/c17-15-9-5-13(6-10-15)3-1-2-4-14-7-11-16(18)12-8-14/h1,3,5-12H/b3-1-. The van der Waals surface area contributed by atoms with Crippen molar-refractivity contribution in [3.63, 3.8) is 0 Å². The minimum atomic E-state index is 0.720. The van der Waals surface area contributed by atoms with Crippen LogP contribution in [0.15, 0.2) is 54.6 Å². The lowest BCUT2D eigenvalue weighted by Gasteiger charge is -1.91. The highest BCUT2D eigenvalue weighted by Crippen LogP contribution is 2.10. The van der Waals surface area contributed by atoms with Gasteiger partial charge in [0.15, 0.2) is 0 Å². The summed E-state index contributed by atoms with van der Waals surface area (Å²) in [7, 11) is 0. The molecule has 2 heteroatoms. The van der Waals surface area contributed by atoms with E-state index in [0.717, 1.165) is 21.2 Å². The fourth-order valence-corrected chi connectivity index (χ4v) is 1.62. The maximum atomic E-state index is 5.80. The van der Waals surface area contributed by atoms with Crippen LogP contribution in [0, 0.1) is 11.8 Å². The zero-order valence-corrected chi connectivity index (χ0v) is 11.0. The van der Waals surface area contributed by atoms with Gasteiger partial charge >= 0.3 is 0 Å². The van der Waals surface area contributed by atoms with Crippen molar-refractivity contribution in [2.24, 2.45) is 0 Å². The lowest BCUT2D eigenvalue weighted by Crippen LogP contribution is -1.72. The van der Waals surface area contributed by atoms with Gasteiger partial charge in [-0.2, -0.15) is 0 Å². The summed E-state index contributed by atoms with van der Waals surface area (Å²) in [6.45, 7) is 0. The van der Waals surface area contributed by atoms with E-state index in [0.29, 0.717) is 0 Å². The van der Waals surface area contributed by atoms with Crippen LogP contribution in [0.25, 0.3) is 6.08 Å². The van der Waals surface area contributed by atoms with Gasteiger partial charge in [0.1, 0.15) is 0 Å². The van der Waals surface area contributed by atoms with E-state index in [1.54, 1.807) is 0 Å². The molecule has 0 fully saturated rings. The van der Waals surface area contributed by atoms with Gasteiger partial charge < -0.3 is 0 Å². The number of hydrogen-bond donors (Lipinski definition) is 0. The quantitative estimate of drug-likeness (QED) is 0.637.